The Labute approximate surface area is 130 Å². The van der Waals surface area contributed by atoms with Crippen molar-refractivity contribution in [1.29, 1.82) is 0 Å². The van der Waals surface area contributed by atoms with Gasteiger partial charge in [-0.25, -0.2) is 0 Å². The summed E-state index contributed by atoms with van der Waals surface area (Å²) in [5.41, 5.74) is 2.03. The number of carbonyl (C=O) groups excluding carboxylic acids is 1. The lowest BCUT2D eigenvalue weighted by atomic mass is 10.1. The molecule has 1 aliphatic rings. The highest BCUT2D eigenvalue weighted by molar-refractivity contribution is 7.98. The first-order valence-electron chi connectivity index (χ1n) is 7.31. The summed E-state index contributed by atoms with van der Waals surface area (Å²) in [7, 11) is 0. The van der Waals surface area contributed by atoms with Gasteiger partial charge in [-0.2, -0.15) is 11.8 Å². The van der Waals surface area contributed by atoms with Crippen LogP contribution in [0.5, 0.6) is 0 Å². The van der Waals surface area contributed by atoms with Gasteiger partial charge in [-0.05, 0) is 43.7 Å². The minimum Gasteiger partial charge on any atom is -0.376 e. The van der Waals surface area contributed by atoms with E-state index in [0.717, 1.165) is 25.1 Å². The number of nitrogens with one attached hydrogen (secondary N) is 1. The molecule has 2 atom stereocenters. The molecule has 0 unspecified atom stereocenters. The zero-order valence-electron chi connectivity index (χ0n) is 12.6. The van der Waals surface area contributed by atoms with Crippen molar-refractivity contribution in [2.24, 2.45) is 0 Å². The second kappa shape index (κ2) is 8.41. The highest BCUT2D eigenvalue weighted by Crippen LogP contribution is 2.27. The molecule has 0 aliphatic carbocycles. The van der Waals surface area contributed by atoms with Crippen LogP contribution in [0, 0.1) is 0 Å². The van der Waals surface area contributed by atoms with E-state index in [2.05, 4.69) is 24.6 Å². The summed E-state index contributed by atoms with van der Waals surface area (Å²) in [6, 6.07) is 7.95. The summed E-state index contributed by atoms with van der Waals surface area (Å²) in [4.78, 5) is 11.9. The maximum Gasteiger partial charge on any atom is 0.250 e. The zero-order valence-corrected chi connectivity index (χ0v) is 13.4. The number of ether oxygens (including phenoxy) is 2. The van der Waals surface area contributed by atoms with Gasteiger partial charge in [0, 0.05) is 17.5 Å². The van der Waals surface area contributed by atoms with Crippen molar-refractivity contribution in [1.82, 2.24) is 0 Å². The predicted molar refractivity (Wildman–Crippen MR) is 86.8 cm³/mol. The van der Waals surface area contributed by atoms with Gasteiger partial charge in [-0.1, -0.05) is 12.1 Å². The van der Waals surface area contributed by atoms with E-state index in [-0.39, 0.29) is 18.6 Å². The highest BCUT2D eigenvalue weighted by Gasteiger charge is 2.16. The molecule has 116 valence electrons. The highest BCUT2D eigenvalue weighted by atomic mass is 32.2. The average Bonchev–Trinajstić information content (AvgIpc) is 3.00. The molecule has 0 spiro atoms. The normalized spacial score (nSPS) is 19.4. The fourth-order valence-electron chi connectivity index (χ4n) is 2.26. The van der Waals surface area contributed by atoms with Crippen molar-refractivity contribution in [3.63, 3.8) is 0 Å². The van der Waals surface area contributed by atoms with E-state index < -0.39 is 0 Å². The second-order valence-corrected chi connectivity index (χ2v) is 6.38. The molecule has 1 aromatic rings. The molecule has 1 aromatic carbocycles. The number of amides is 1. The van der Waals surface area contributed by atoms with Crippen LogP contribution in [0.1, 0.15) is 30.6 Å². The molecule has 1 aliphatic heterocycles. The summed E-state index contributed by atoms with van der Waals surface area (Å²) >= 11 is 1.78. The van der Waals surface area contributed by atoms with E-state index in [0.29, 0.717) is 11.9 Å². The van der Waals surface area contributed by atoms with Crippen LogP contribution in [0.2, 0.25) is 0 Å². The van der Waals surface area contributed by atoms with Crippen LogP contribution in [-0.4, -0.2) is 38.1 Å². The molecule has 1 fully saturated rings. The minimum atomic E-state index is -0.123. The van der Waals surface area contributed by atoms with E-state index in [9.17, 15) is 4.79 Å². The molecule has 21 heavy (non-hydrogen) atoms. The van der Waals surface area contributed by atoms with Crippen molar-refractivity contribution < 1.29 is 14.3 Å². The molecule has 1 saturated heterocycles. The molecule has 0 bridgehead atoms. The lowest BCUT2D eigenvalue weighted by Gasteiger charge is -2.12. The van der Waals surface area contributed by atoms with E-state index >= 15 is 0 Å². The van der Waals surface area contributed by atoms with Gasteiger partial charge in [0.2, 0.25) is 5.91 Å². The first-order chi connectivity index (χ1) is 10.2. The van der Waals surface area contributed by atoms with Crippen LogP contribution in [0.15, 0.2) is 24.3 Å². The van der Waals surface area contributed by atoms with E-state index in [4.69, 9.17) is 9.47 Å². The third-order valence-corrected chi connectivity index (χ3v) is 4.53. The van der Waals surface area contributed by atoms with Gasteiger partial charge >= 0.3 is 0 Å². The number of hydrogen-bond donors (Lipinski definition) is 1. The molecule has 0 radical (unpaired) electrons. The first kappa shape index (κ1) is 16.3. The van der Waals surface area contributed by atoms with Crippen LogP contribution in [0.4, 0.5) is 5.69 Å². The van der Waals surface area contributed by atoms with Gasteiger partial charge in [0.05, 0.1) is 12.7 Å². The Kier molecular flexibility index (Phi) is 6.54. The lowest BCUT2D eigenvalue weighted by Crippen LogP contribution is -2.22. The van der Waals surface area contributed by atoms with Crippen molar-refractivity contribution in [3.8, 4) is 0 Å². The third kappa shape index (κ3) is 5.34. The van der Waals surface area contributed by atoms with Crippen molar-refractivity contribution in [3.05, 3.63) is 29.8 Å². The molecule has 5 heteroatoms. The number of carbonyl (C=O) groups is 1. The van der Waals surface area contributed by atoms with Crippen molar-refractivity contribution in [2.45, 2.75) is 31.1 Å². The Balaban J connectivity index is 1.76. The standard InChI is InChI=1S/C16H23NO3S/c1-12(21-2)13-5-3-6-14(9-13)17-16(18)11-19-10-15-7-4-8-20-15/h3,5-6,9,12,15H,4,7-8,10-11H2,1-2H3,(H,17,18)/t12-,15-/m1/s1. The Morgan fingerprint density at radius 2 is 2.43 bits per heavy atom. The zero-order chi connectivity index (χ0) is 15.1. The van der Waals surface area contributed by atoms with Crippen molar-refractivity contribution in [2.75, 3.05) is 31.4 Å². The third-order valence-electron chi connectivity index (χ3n) is 3.55. The first-order valence-corrected chi connectivity index (χ1v) is 8.60. The Bertz CT molecular complexity index is 461. The summed E-state index contributed by atoms with van der Waals surface area (Å²) in [6.07, 6.45) is 4.34. The number of thioether (sulfide) groups is 1. The Morgan fingerprint density at radius 3 is 3.14 bits per heavy atom. The van der Waals surface area contributed by atoms with Crippen LogP contribution in [0.25, 0.3) is 0 Å². The number of benzene rings is 1. The minimum absolute atomic E-state index is 0.0716. The monoisotopic (exact) mass is 309 g/mol. The summed E-state index contributed by atoms with van der Waals surface area (Å²) in [5, 5.41) is 3.29. The molecule has 1 amide bonds. The second-order valence-electron chi connectivity index (χ2n) is 5.20. The van der Waals surface area contributed by atoms with Crippen LogP contribution in [0.3, 0.4) is 0 Å². The molecule has 4 nitrogen and oxygen atoms in total. The Hall–Kier alpha value is -1.04. The van der Waals surface area contributed by atoms with Gasteiger partial charge < -0.3 is 14.8 Å². The molecule has 0 aromatic heterocycles. The van der Waals surface area contributed by atoms with Crippen LogP contribution >= 0.6 is 11.8 Å². The quantitative estimate of drug-likeness (QED) is 0.840. The van der Waals surface area contributed by atoms with Gasteiger partial charge in [0.15, 0.2) is 0 Å². The van der Waals surface area contributed by atoms with E-state index in [1.54, 1.807) is 11.8 Å². The molecule has 1 heterocycles. The summed E-state index contributed by atoms with van der Waals surface area (Å²) < 4.78 is 10.9. The predicted octanol–water partition coefficient (Wildman–Crippen LogP) is 3.24. The largest absolute Gasteiger partial charge is 0.376 e. The average molecular weight is 309 g/mol. The number of rotatable bonds is 7. The fourth-order valence-corrected chi connectivity index (χ4v) is 2.68. The lowest BCUT2D eigenvalue weighted by molar-refractivity contribution is -0.121. The van der Waals surface area contributed by atoms with E-state index in [1.807, 2.05) is 18.2 Å². The fraction of sp³-hybridized carbons (Fsp3) is 0.562. The molecule has 0 saturated carbocycles. The smallest absolute Gasteiger partial charge is 0.250 e. The SMILES string of the molecule is CS[C@H](C)c1cccc(NC(=O)COC[C@H]2CCCO2)c1. The maximum absolute atomic E-state index is 11.9. The number of anilines is 1. The van der Waals surface area contributed by atoms with Crippen molar-refractivity contribution >= 4 is 23.4 Å². The van der Waals surface area contributed by atoms with Gasteiger partial charge in [0.1, 0.15) is 6.61 Å². The summed E-state index contributed by atoms with van der Waals surface area (Å²) in [5.74, 6) is -0.123. The van der Waals surface area contributed by atoms with Gasteiger partial charge in [-0.3, -0.25) is 4.79 Å². The number of hydrogen-bond acceptors (Lipinski definition) is 4. The summed E-state index contributed by atoms with van der Waals surface area (Å²) in [6.45, 7) is 3.52. The molecular formula is C16H23NO3S. The molecular weight excluding hydrogens is 286 g/mol. The van der Waals surface area contributed by atoms with Gasteiger partial charge in [-0.15, -0.1) is 0 Å². The molecule has 2 rings (SSSR count). The maximum atomic E-state index is 11.9. The topological polar surface area (TPSA) is 47.6 Å². The molecule has 1 N–H and O–H groups in total. The van der Waals surface area contributed by atoms with Crippen LogP contribution < -0.4 is 5.32 Å². The Morgan fingerprint density at radius 1 is 1.57 bits per heavy atom. The van der Waals surface area contributed by atoms with Crippen LogP contribution in [-0.2, 0) is 14.3 Å². The van der Waals surface area contributed by atoms with Gasteiger partial charge in [0.25, 0.3) is 0 Å². The van der Waals surface area contributed by atoms with E-state index in [1.165, 1.54) is 5.56 Å².